The number of rotatable bonds is 8. The second-order valence-electron chi connectivity index (χ2n) is 4.68. The topological polar surface area (TPSA) is 83.0 Å². The van der Waals surface area contributed by atoms with Gasteiger partial charge in [0.15, 0.2) is 11.0 Å². The SMILES string of the molecule is CCc1ccc(OCc2nnc(SCC(N)=O)n2CC)cc1. The van der Waals surface area contributed by atoms with Crippen molar-refractivity contribution in [3.63, 3.8) is 0 Å². The number of amides is 1. The zero-order valence-corrected chi connectivity index (χ0v) is 13.6. The molecule has 2 rings (SSSR count). The highest BCUT2D eigenvalue weighted by Crippen LogP contribution is 2.18. The van der Waals surface area contributed by atoms with E-state index in [9.17, 15) is 4.79 Å². The van der Waals surface area contributed by atoms with Gasteiger partial charge >= 0.3 is 0 Å². The van der Waals surface area contributed by atoms with Gasteiger partial charge < -0.3 is 15.0 Å². The summed E-state index contributed by atoms with van der Waals surface area (Å²) in [5.74, 6) is 1.35. The number of hydrogen-bond donors (Lipinski definition) is 1. The molecule has 1 aromatic carbocycles. The summed E-state index contributed by atoms with van der Waals surface area (Å²) in [7, 11) is 0. The summed E-state index contributed by atoms with van der Waals surface area (Å²) in [6.07, 6.45) is 1.00. The smallest absolute Gasteiger partial charge is 0.227 e. The van der Waals surface area contributed by atoms with Crippen molar-refractivity contribution in [3.05, 3.63) is 35.7 Å². The molecule has 0 radical (unpaired) electrons. The first-order valence-corrected chi connectivity index (χ1v) is 8.17. The van der Waals surface area contributed by atoms with Crippen LogP contribution in [-0.4, -0.2) is 26.4 Å². The van der Waals surface area contributed by atoms with E-state index in [2.05, 4.69) is 17.1 Å². The van der Waals surface area contributed by atoms with Crippen LogP contribution in [0.25, 0.3) is 0 Å². The molecule has 2 N–H and O–H groups in total. The Labute approximate surface area is 134 Å². The van der Waals surface area contributed by atoms with Crippen LogP contribution in [0.15, 0.2) is 29.4 Å². The molecule has 118 valence electrons. The summed E-state index contributed by atoms with van der Waals surface area (Å²) in [5, 5.41) is 8.90. The maximum absolute atomic E-state index is 10.9. The van der Waals surface area contributed by atoms with Gasteiger partial charge in [-0.05, 0) is 31.0 Å². The molecule has 0 saturated carbocycles. The van der Waals surface area contributed by atoms with Crippen LogP contribution >= 0.6 is 11.8 Å². The number of hydrogen-bond acceptors (Lipinski definition) is 5. The number of ether oxygens (including phenoxy) is 1. The van der Waals surface area contributed by atoms with Crippen LogP contribution in [0.1, 0.15) is 25.2 Å². The Morgan fingerprint density at radius 3 is 2.59 bits per heavy atom. The van der Waals surface area contributed by atoms with Crippen molar-refractivity contribution in [1.29, 1.82) is 0 Å². The first kappa shape index (κ1) is 16.4. The highest BCUT2D eigenvalue weighted by molar-refractivity contribution is 7.99. The number of primary amides is 1. The monoisotopic (exact) mass is 320 g/mol. The largest absolute Gasteiger partial charge is 0.486 e. The number of aryl methyl sites for hydroxylation is 1. The lowest BCUT2D eigenvalue weighted by atomic mass is 10.2. The Morgan fingerprint density at radius 2 is 2.00 bits per heavy atom. The predicted octanol–water partition coefficient (Wildman–Crippen LogP) is 2.02. The summed E-state index contributed by atoms with van der Waals surface area (Å²) in [5.41, 5.74) is 6.43. The highest BCUT2D eigenvalue weighted by atomic mass is 32.2. The van der Waals surface area contributed by atoms with Gasteiger partial charge in [0.05, 0.1) is 5.75 Å². The molecule has 22 heavy (non-hydrogen) atoms. The Bertz CT molecular complexity index is 625. The third-order valence-electron chi connectivity index (χ3n) is 3.15. The molecule has 0 aliphatic rings. The predicted molar refractivity (Wildman–Crippen MR) is 85.8 cm³/mol. The van der Waals surface area contributed by atoms with Gasteiger partial charge in [-0.25, -0.2) is 0 Å². The lowest BCUT2D eigenvalue weighted by Crippen LogP contribution is -2.14. The number of nitrogens with two attached hydrogens (primary N) is 1. The van der Waals surface area contributed by atoms with Crippen molar-refractivity contribution in [2.24, 2.45) is 5.73 Å². The van der Waals surface area contributed by atoms with E-state index in [1.165, 1.54) is 17.3 Å². The minimum absolute atomic E-state index is 0.192. The number of thioether (sulfide) groups is 1. The van der Waals surface area contributed by atoms with E-state index in [-0.39, 0.29) is 11.7 Å². The maximum atomic E-state index is 10.9. The molecule has 0 aliphatic carbocycles. The molecular formula is C15H20N4O2S. The van der Waals surface area contributed by atoms with Gasteiger partial charge in [0.2, 0.25) is 5.91 Å². The molecule has 0 saturated heterocycles. The van der Waals surface area contributed by atoms with E-state index in [0.717, 1.165) is 18.0 Å². The van der Waals surface area contributed by atoms with Gasteiger partial charge in [-0.15, -0.1) is 10.2 Å². The van der Waals surface area contributed by atoms with Crippen LogP contribution in [-0.2, 0) is 24.4 Å². The van der Waals surface area contributed by atoms with E-state index in [0.29, 0.717) is 18.3 Å². The van der Waals surface area contributed by atoms with Crippen LogP contribution < -0.4 is 10.5 Å². The van der Waals surface area contributed by atoms with Crippen molar-refractivity contribution in [2.45, 2.75) is 38.6 Å². The van der Waals surface area contributed by atoms with Gasteiger partial charge in [-0.1, -0.05) is 30.8 Å². The molecule has 1 amide bonds. The zero-order valence-electron chi connectivity index (χ0n) is 12.8. The number of nitrogens with zero attached hydrogens (tertiary/aromatic N) is 3. The average molecular weight is 320 g/mol. The maximum Gasteiger partial charge on any atom is 0.227 e. The molecular weight excluding hydrogens is 300 g/mol. The molecule has 0 fully saturated rings. The summed E-state index contributed by atoms with van der Waals surface area (Å²) < 4.78 is 7.67. The third kappa shape index (κ3) is 4.24. The Hall–Kier alpha value is -2.02. The van der Waals surface area contributed by atoms with E-state index in [4.69, 9.17) is 10.5 Å². The van der Waals surface area contributed by atoms with E-state index < -0.39 is 0 Å². The molecule has 0 unspecified atom stereocenters. The molecule has 0 bridgehead atoms. The zero-order chi connectivity index (χ0) is 15.9. The molecule has 0 aliphatic heterocycles. The van der Waals surface area contributed by atoms with Gasteiger partial charge in [-0.3, -0.25) is 4.79 Å². The molecule has 1 heterocycles. The van der Waals surface area contributed by atoms with Gasteiger partial charge in [0.25, 0.3) is 0 Å². The van der Waals surface area contributed by atoms with Crippen LogP contribution in [0.2, 0.25) is 0 Å². The van der Waals surface area contributed by atoms with Crippen LogP contribution in [0.3, 0.4) is 0 Å². The number of carbonyl (C=O) groups excluding carboxylic acids is 1. The van der Waals surface area contributed by atoms with Gasteiger partial charge in [0.1, 0.15) is 12.4 Å². The van der Waals surface area contributed by atoms with Crippen molar-refractivity contribution in [3.8, 4) is 5.75 Å². The number of benzene rings is 1. The van der Waals surface area contributed by atoms with Gasteiger partial charge in [0, 0.05) is 6.54 Å². The fraction of sp³-hybridized carbons (Fsp3) is 0.400. The summed E-state index contributed by atoms with van der Waals surface area (Å²) in [6.45, 7) is 5.16. The van der Waals surface area contributed by atoms with Crippen molar-refractivity contribution in [2.75, 3.05) is 5.75 Å². The summed E-state index contributed by atoms with van der Waals surface area (Å²) in [4.78, 5) is 10.9. The molecule has 0 spiro atoms. The van der Waals surface area contributed by atoms with Crippen molar-refractivity contribution >= 4 is 17.7 Å². The van der Waals surface area contributed by atoms with Crippen LogP contribution in [0, 0.1) is 0 Å². The van der Waals surface area contributed by atoms with Crippen LogP contribution in [0.4, 0.5) is 0 Å². The average Bonchev–Trinajstić information content (AvgIpc) is 2.93. The number of aromatic nitrogens is 3. The molecule has 0 atom stereocenters. The molecule has 6 nitrogen and oxygen atoms in total. The second-order valence-corrected chi connectivity index (χ2v) is 5.63. The minimum Gasteiger partial charge on any atom is -0.486 e. The van der Waals surface area contributed by atoms with E-state index in [1.54, 1.807) is 0 Å². The lowest BCUT2D eigenvalue weighted by molar-refractivity contribution is -0.115. The standard InChI is InChI=1S/C15H20N4O2S/c1-3-11-5-7-12(8-6-11)21-9-14-17-18-15(19(14)4-2)22-10-13(16)20/h5-8H,3-4,9-10H2,1-2H3,(H2,16,20). The van der Waals surface area contributed by atoms with E-state index >= 15 is 0 Å². The summed E-state index contributed by atoms with van der Waals surface area (Å²) >= 11 is 1.29. The Morgan fingerprint density at radius 1 is 1.27 bits per heavy atom. The first-order chi connectivity index (χ1) is 10.6. The van der Waals surface area contributed by atoms with Crippen LogP contribution in [0.5, 0.6) is 5.75 Å². The normalized spacial score (nSPS) is 10.6. The fourth-order valence-corrected chi connectivity index (χ4v) is 2.72. The van der Waals surface area contributed by atoms with E-state index in [1.807, 2.05) is 35.8 Å². The molecule has 1 aromatic heterocycles. The molecule has 7 heteroatoms. The fourth-order valence-electron chi connectivity index (χ4n) is 1.96. The minimum atomic E-state index is -0.371. The quantitative estimate of drug-likeness (QED) is 0.752. The number of carbonyl (C=O) groups is 1. The second kappa shape index (κ2) is 7.84. The Kier molecular flexibility index (Phi) is 5.83. The Balaban J connectivity index is 2.01. The van der Waals surface area contributed by atoms with Crippen molar-refractivity contribution < 1.29 is 9.53 Å². The van der Waals surface area contributed by atoms with Gasteiger partial charge in [-0.2, -0.15) is 0 Å². The lowest BCUT2D eigenvalue weighted by Gasteiger charge is -2.09. The first-order valence-electron chi connectivity index (χ1n) is 7.19. The molecule has 2 aromatic rings. The third-order valence-corrected chi connectivity index (χ3v) is 4.14. The van der Waals surface area contributed by atoms with Crippen molar-refractivity contribution in [1.82, 2.24) is 14.8 Å². The highest BCUT2D eigenvalue weighted by Gasteiger charge is 2.12. The summed E-state index contributed by atoms with van der Waals surface area (Å²) in [6, 6.07) is 8.00.